The number of benzene rings is 1. The number of piperazine rings is 1. The summed E-state index contributed by atoms with van der Waals surface area (Å²) in [5, 5.41) is 16.6. The number of nitriles is 1. The van der Waals surface area contributed by atoms with E-state index in [1.807, 2.05) is 6.07 Å². The summed E-state index contributed by atoms with van der Waals surface area (Å²) in [4.78, 5) is 33.2. The van der Waals surface area contributed by atoms with Crippen molar-refractivity contribution >= 4 is 11.7 Å². The first kappa shape index (κ1) is 29.4. The lowest BCUT2D eigenvalue weighted by atomic mass is 9.68. The van der Waals surface area contributed by atoms with E-state index in [9.17, 15) is 19.2 Å². The van der Waals surface area contributed by atoms with Gasteiger partial charge in [0.25, 0.3) is 0 Å². The quantitative estimate of drug-likeness (QED) is 0.484. The van der Waals surface area contributed by atoms with Gasteiger partial charge in [0.05, 0.1) is 44.0 Å². The van der Waals surface area contributed by atoms with Gasteiger partial charge in [-0.25, -0.2) is 4.39 Å². The van der Waals surface area contributed by atoms with Crippen LogP contribution in [0.15, 0.2) is 30.9 Å². The molecule has 6 rings (SSSR count). The maximum absolute atomic E-state index is 14.8. The molecule has 0 aromatic heterocycles. The molecular weight excluding hydrogens is 539 g/mol. The summed E-state index contributed by atoms with van der Waals surface area (Å²) in [6, 6.07) is 6.71. The highest BCUT2D eigenvalue weighted by Crippen LogP contribution is 2.42. The molecule has 10 nitrogen and oxygen atoms in total. The minimum absolute atomic E-state index is 0.0558. The Morgan fingerprint density at radius 1 is 1.29 bits per heavy atom. The van der Waals surface area contributed by atoms with Gasteiger partial charge < -0.3 is 19.3 Å². The minimum Gasteiger partial charge on any atom is -0.362 e. The Balaban J connectivity index is 1.25. The number of nitrogens with zero attached hydrogens (tertiary/aromatic N) is 4. The van der Waals surface area contributed by atoms with Gasteiger partial charge in [-0.15, -0.1) is 0 Å². The number of rotatable bonds is 6. The van der Waals surface area contributed by atoms with Crippen molar-refractivity contribution in [3.8, 4) is 6.07 Å². The van der Waals surface area contributed by atoms with Gasteiger partial charge in [0, 0.05) is 38.0 Å². The van der Waals surface area contributed by atoms with Gasteiger partial charge in [0.2, 0.25) is 5.91 Å². The van der Waals surface area contributed by atoms with E-state index in [1.165, 1.54) is 12.1 Å². The van der Waals surface area contributed by atoms with E-state index in [0.29, 0.717) is 50.7 Å². The second-order valence-electron chi connectivity index (χ2n) is 12.4. The summed E-state index contributed by atoms with van der Waals surface area (Å²) in [5.41, 5.74) is 0.282. The van der Waals surface area contributed by atoms with Crippen LogP contribution in [0, 0.1) is 23.1 Å². The zero-order valence-corrected chi connectivity index (χ0v) is 24.3. The molecule has 11 heteroatoms. The first-order chi connectivity index (χ1) is 20.3. The average Bonchev–Trinajstić information content (AvgIpc) is 3.42. The maximum Gasteiger partial charge on any atom is 0.246 e. The summed E-state index contributed by atoms with van der Waals surface area (Å²) >= 11 is 0. The van der Waals surface area contributed by atoms with Crippen molar-refractivity contribution in [2.75, 3.05) is 39.8 Å². The minimum atomic E-state index is -1.08. The van der Waals surface area contributed by atoms with Crippen molar-refractivity contribution in [3.63, 3.8) is 0 Å². The predicted octanol–water partition coefficient (Wildman–Crippen LogP) is 1.51. The normalized spacial score (nSPS) is 35.5. The van der Waals surface area contributed by atoms with Crippen LogP contribution in [0.25, 0.3) is 0 Å². The average molecular weight is 581 g/mol. The Labute approximate surface area is 246 Å². The second kappa shape index (κ2) is 12.1. The van der Waals surface area contributed by atoms with Crippen LogP contribution in [0.3, 0.4) is 0 Å². The Hall–Kier alpha value is -2.72. The van der Waals surface area contributed by atoms with Crippen LogP contribution in [0.4, 0.5) is 4.39 Å². The monoisotopic (exact) mass is 580 g/mol. The van der Waals surface area contributed by atoms with Crippen molar-refractivity contribution in [1.29, 1.82) is 5.26 Å². The molecule has 0 radical (unpaired) electrons. The lowest BCUT2D eigenvalue weighted by molar-refractivity contribution is -0.174. The lowest BCUT2D eigenvalue weighted by Gasteiger charge is -2.55. The third-order valence-corrected chi connectivity index (χ3v) is 10.1. The number of amides is 1. The van der Waals surface area contributed by atoms with Gasteiger partial charge >= 0.3 is 0 Å². The number of fused-ring (bicyclic) bond motifs is 2. The molecule has 3 saturated heterocycles. The first-order valence-corrected chi connectivity index (χ1v) is 15.2. The van der Waals surface area contributed by atoms with Crippen LogP contribution in [0.1, 0.15) is 43.2 Å². The molecule has 1 saturated carbocycles. The zero-order chi connectivity index (χ0) is 29.4. The number of hydrogen-bond donors (Lipinski definition) is 2. The van der Waals surface area contributed by atoms with E-state index in [0.717, 1.165) is 24.9 Å². The van der Waals surface area contributed by atoms with E-state index < -0.39 is 18.0 Å². The predicted molar refractivity (Wildman–Crippen MR) is 152 cm³/mol. The van der Waals surface area contributed by atoms with Gasteiger partial charge in [0.15, 0.2) is 12.1 Å². The Kier molecular flexibility index (Phi) is 8.46. The van der Waals surface area contributed by atoms with Gasteiger partial charge in [0.1, 0.15) is 11.4 Å². The standard InChI is InChI=1S/C31H41FN6O4/c1-3-26(39)38-15-14-37(17-21(38)10-12-33)29-23-9-11-31(16-24-20(18-42-31)6-4-8-25(24)32)28(40)27(23)34-30(35-29)41-19-22-7-5-13-36(22)2/h3-4,6,8,21-23,27,29-30,34-35H,1,5,7,9-11,13-19H2,2H3/t21?,22?,23?,27?,29?,30?,31-/m0/s1. The molecule has 4 heterocycles. The summed E-state index contributed by atoms with van der Waals surface area (Å²) in [6.45, 7) is 6.96. The van der Waals surface area contributed by atoms with Gasteiger partial charge in [-0.1, -0.05) is 18.7 Å². The number of nitrogens with one attached hydrogen (secondary N) is 2. The molecule has 1 aromatic rings. The van der Waals surface area contributed by atoms with Crippen LogP contribution >= 0.6 is 0 Å². The fourth-order valence-corrected chi connectivity index (χ4v) is 7.69. The summed E-state index contributed by atoms with van der Waals surface area (Å²) in [5.74, 6) is -0.616. The highest BCUT2D eigenvalue weighted by atomic mass is 19.1. The van der Waals surface area contributed by atoms with E-state index in [1.54, 1.807) is 11.0 Å². The largest absolute Gasteiger partial charge is 0.362 e. The number of hydrogen-bond acceptors (Lipinski definition) is 9. The molecule has 6 unspecified atom stereocenters. The first-order valence-electron chi connectivity index (χ1n) is 15.2. The van der Waals surface area contributed by atoms with E-state index >= 15 is 0 Å². The van der Waals surface area contributed by atoms with Crippen molar-refractivity contribution in [1.82, 2.24) is 25.3 Å². The molecular formula is C31H41FN6O4. The van der Waals surface area contributed by atoms with Gasteiger partial charge in [-0.05, 0) is 62.5 Å². The SMILES string of the molecule is C=CC(=O)N1CCN(C2NC(OCC3CCCN3C)NC3C(=O)[C@]4(CCC32)Cc2c(F)cccc2CO4)CC1CC#N. The smallest absolute Gasteiger partial charge is 0.246 e. The zero-order valence-electron chi connectivity index (χ0n) is 24.3. The summed E-state index contributed by atoms with van der Waals surface area (Å²) < 4.78 is 27.5. The number of ketones is 1. The highest BCUT2D eigenvalue weighted by molar-refractivity contribution is 5.94. The molecule has 2 N–H and O–H groups in total. The van der Waals surface area contributed by atoms with Crippen LogP contribution in [0.5, 0.6) is 0 Å². The van der Waals surface area contributed by atoms with Gasteiger partial charge in [-0.3, -0.25) is 25.1 Å². The molecule has 1 amide bonds. The van der Waals surface area contributed by atoms with Crippen LogP contribution < -0.4 is 10.6 Å². The number of halogens is 1. The van der Waals surface area contributed by atoms with E-state index in [2.05, 4.69) is 40.1 Å². The van der Waals surface area contributed by atoms with Gasteiger partial charge in [-0.2, -0.15) is 5.26 Å². The van der Waals surface area contributed by atoms with Crippen molar-refractivity contribution in [3.05, 3.63) is 47.8 Å². The molecule has 1 aromatic carbocycles. The fourth-order valence-electron chi connectivity index (χ4n) is 7.69. The molecule has 1 spiro atoms. The van der Waals surface area contributed by atoms with E-state index in [-0.39, 0.29) is 55.1 Å². The van der Waals surface area contributed by atoms with Crippen molar-refractivity contribution < 1.29 is 23.5 Å². The number of ether oxygens (including phenoxy) is 2. The Morgan fingerprint density at radius 3 is 2.90 bits per heavy atom. The third-order valence-electron chi connectivity index (χ3n) is 10.1. The summed E-state index contributed by atoms with van der Waals surface area (Å²) in [6.07, 6.45) is 4.34. The van der Waals surface area contributed by atoms with Crippen molar-refractivity contribution in [2.45, 2.75) is 81.4 Å². The van der Waals surface area contributed by atoms with E-state index in [4.69, 9.17) is 9.47 Å². The van der Waals surface area contributed by atoms with Crippen LogP contribution in [0.2, 0.25) is 0 Å². The molecule has 7 atom stereocenters. The number of carbonyl (C=O) groups is 2. The maximum atomic E-state index is 14.8. The molecule has 0 bridgehead atoms. The molecule has 4 fully saturated rings. The number of likely N-dealkylation sites (tertiary alicyclic amines) is 1. The fraction of sp³-hybridized carbons (Fsp3) is 0.645. The van der Waals surface area contributed by atoms with Crippen molar-refractivity contribution in [2.24, 2.45) is 5.92 Å². The molecule has 226 valence electrons. The van der Waals surface area contributed by atoms with Crippen LogP contribution in [-0.4, -0.2) is 102 Å². The number of likely N-dealkylation sites (N-methyl/N-ethyl adjacent to an activating group) is 1. The summed E-state index contributed by atoms with van der Waals surface area (Å²) in [7, 11) is 2.10. The number of carbonyl (C=O) groups excluding carboxylic acids is 2. The molecule has 1 aliphatic carbocycles. The highest BCUT2D eigenvalue weighted by Gasteiger charge is 2.56. The molecule has 5 aliphatic rings. The molecule has 42 heavy (non-hydrogen) atoms. The third kappa shape index (κ3) is 5.41. The lowest BCUT2D eigenvalue weighted by Crippen LogP contribution is -2.75. The Morgan fingerprint density at radius 2 is 2.14 bits per heavy atom. The number of Topliss-reactive ketones (excluding diaryl/α,β-unsaturated/α-hetero) is 1. The topological polar surface area (TPSA) is 110 Å². The Bertz CT molecular complexity index is 1260. The second-order valence-corrected chi connectivity index (χ2v) is 12.4. The van der Waals surface area contributed by atoms with Crippen LogP contribution in [-0.2, 0) is 32.1 Å². The molecule has 4 aliphatic heterocycles.